The van der Waals surface area contributed by atoms with E-state index in [4.69, 9.17) is 17.3 Å². The van der Waals surface area contributed by atoms with E-state index in [9.17, 15) is 9.59 Å². The van der Waals surface area contributed by atoms with Crippen LogP contribution >= 0.6 is 24.0 Å². The zero-order valence-corrected chi connectivity index (χ0v) is 11.9. The van der Waals surface area contributed by atoms with E-state index >= 15 is 0 Å². The van der Waals surface area contributed by atoms with Crippen LogP contribution in [0, 0.1) is 0 Å². The number of aliphatic carboxylic acids is 1. The Hall–Kier alpha value is -0.860. The normalized spacial score (nSPS) is 16.7. The second-order valence-electron chi connectivity index (χ2n) is 3.94. The number of carbonyl (C=O) groups excluding carboxylic acids is 1. The average Bonchev–Trinajstić information content (AvgIpc) is 2.31. The minimum absolute atomic E-state index is 0.198. The molecule has 0 radical (unpaired) electrons. The Labute approximate surface area is 116 Å². The number of hydrogen-bond acceptors (Lipinski definition) is 5. The Morgan fingerprint density at radius 3 is 2.89 bits per heavy atom. The predicted molar refractivity (Wildman–Crippen MR) is 74.3 cm³/mol. The van der Waals surface area contributed by atoms with Crippen LogP contribution in [0.1, 0.15) is 13.3 Å². The molecule has 0 bridgehead atoms. The summed E-state index contributed by atoms with van der Waals surface area (Å²) in [4.78, 5) is 25.8. The molecule has 1 rings (SSSR count). The summed E-state index contributed by atoms with van der Waals surface area (Å²) in [5, 5.41) is 10.8. The van der Waals surface area contributed by atoms with Crippen molar-refractivity contribution in [1.82, 2.24) is 15.1 Å². The summed E-state index contributed by atoms with van der Waals surface area (Å²) in [5.74, 6) is -0.646. The maximum Gasteiger partial charge on any atom is 0.322 e. The van der Waals surface area contributed by atoms with Crippen molar-refractivity contribution in [2.24, 2.45) is 0 Å². The highest BCUT2D eigenvalue weighted by Gasteiger charge is 2.22. The van der Waals surface area contributed by atoms with Gasteiger partial charge in [-0.2, -0.15) is 0 Å². The molecule has 0 aliphatic carbocycles. The second-order valence-corrected chi connectivity index (χ2v) is 5.52. The first-order valence-electron chi connectivity index (χ1n) is 5.65. The van der Waals surface area contributed by atoms with E-state index < -0.39 is 5.97 Å². The zero-order valence-electron chi connectivity index (χ0n) is 10.2. The van der Waals surface area contributed by atoms with Crippen LogP contribution in [-0.4, -0.2) is 63.3 Å². The maximum absolute atomic E-state index is 11.5. The average molecular weight is 291 g/mol. The van der Waals surface area contributed by atoms with Gasteiger partial charge in [-0.15, -0.1) is 0 Å². The molecule has 2 N–H and O–H groups in total. The Morgan fingerprint density at radius 2 is 2.28 bits per heavy atom. The van der Waals surface area contributed by atoms with Gasteiger partial charge in [-0.3, -0.25) is 14.5 Å². The van der Waals surface area contributed by atoms with Crippen molar-refractivity contribution in [3.05, 3.63) is 0 Å². The summed E-state index contributed by atoms with van der Waals surface area (Å²) < 4.78 is 0.860. The highest BCUT2D eigenvalue weighted by molar-refractivity contribution is 8.22. The molecule has 0 spiro atoms. The van der Waals surface area contributed by atoms with Gasteiger partial charge in [-0.05, 0) is 6.42 Å². The number of carboxylic acid groups (broad SMARTS) is 1. The molecule has 0 unspecified atom stereocenters. The quantitative estimate of drug-likeness (QED) is 0.675. The van der Waals surface area contributed by atoms with Gasteiger partial charge in [0.05, 0.1) is 19.1 Å². The molecule has 1 fully saturated rings. The number of nitrogens with zero attached hydrogens (tertiary/aromatic N) is 2. The second kappa shape index (κ2) is 7.55. The van der Waals surface area contributed by atoms with Crippen LogP contribution in [0.4, 0.5) is 0 Å². The van der Waals surface area contributed by atoms with Crippen molar-refractivity contribution in [1.29, 1.82) is 0 Å². The number of rotatable bonds is 6. The van der Waals surface area contributed by atoms with Gasteiger partial charge < -0.3 is 15.3 Å². The van der Waals surface area contributed by atoms with Crippen LogP contribution in [0.3, 0.4) is 0 Å². The lowest BCUT2D eigenvalue weighted by Crippen LogP contribution is -2.48. The largest absolute Gasteiger partial charge is 0.480 e. The maximum atomic E-state index is 11.5. The molecule has 0 saturated carbocycles. The van der Waals surface area contributed by atoms with Gasteiger partial charge >= 0.3 is 5.97 Å². The topological polar surface area (TPSA) is 72.9 Å². The van der Waals surface area contributed by atoms with Crippen molar-refractivity contribution in [3.63, 3.8) is 0 Å². The fourth-order valence-corrected chi connectivity index (χ4v) is 2.64. The Balaban J connectivity index is 2.36. The third kappa shape index (κ3) is 5.19. The lowest BCUT2D eigenvalue weighted by Gasteiger charge is -2.36. The van der Waals surface area contributed by atoms with Gasteiger partial charge in [0, 0.05) is 6.54 Å². The fourth-order valence-electron chi connectivity index (χ4n) is 1.54. The number of hydrogen-bond donors (Lipinski definition) is 2. The molecule has 8 heteroatoms. The predicted octanol–water partition coefficient (Wildman–Crippen LogP) is 0.148. The number of amides is 1. The minimum atomic E-state index is -1.04. The highest BCUT2D eigenvalue weighted by atomic mass is 32.2. The standard InChI is InChI=1S/C10H17N3O3S2/c1-2-3-13-6-12(7-18-10(13)17)5-8(14)11-4-9(15)16/h2-7H2,1H3,(H,11,14)(H,15,16). The Bertz CT molecular complexity index is 338. The van der Waals surface area contributed by atoms with Gasteiger partial charge in [-0.1, -0.05) is 30.9 Å². The van der Waals surface area contributed by atoms with Gasteiger partial charge in [0.25, 0.3) is 0 Å². The molecule has 6 nitrogen and oxygen atoms in total. The van der Waals surface area contributed by atoms with Crippen molar-refractivity contribution < 1.29 is 14.7 Å². The fraction of sp³-hybridized carbons (Fsp3) is 0.700. The van der Waals surface area contributed by atoms with Crippen LogP contribution in [0.5, 0.6) is 0 Å². The number of thioether (sulfide) groups is 1. The van der Waals surface area contributed by atoms with Crippen molar-refractivity contribution in [2.45, 2.75) is 13.3 Å². The van der Waals surface area contributed by atoms with Gasteiger partial charge in [0.1, 0.15) is 10.9 Å². The molecular formula is C10H17N3O3S2. The van der Waals surface area contributed by atoms with Crippen LogP contribution in [0.2, 0.25) is 0 Å². The summed E-state index contributed by atoms with van der Waals surface area (Å²) >= 11 is 6.76. The molecule has 18 heavy (non-hydrogen) atoms. The molecule has 0 aromatic heterocycles. The van der Waals surface area contributed by atoms with Crippen LogP contribution in [0.25, 0.3) is 0 Å². The zero-order chi connectivity index (χ0) is 13.5. The third-order valence-electron chi connectivity index (χ3n) is 2.30. The summed E-state index contributed by atoms with van der Waals surface area (Å²) in [5.41, 5.74) is 0. The smallest absolute Gasteiger partial charge is 0.322 e. The SMILES string of the molecule is CCCN1CN(CC(=O)NCC(=O)O)CSC1=S. The van der Waals surface area contributed by atoms with Crippen molar-refractivity contribution in [3.8, 4) is 0 Å². The first-order chi connectivity index (χ1) is 8.52. The van der Waals surface area contributed by atoms with Gasteiger partial charge in [-0.25, -0.2) is 0 Å². The van der Waals surface area contributed by atoms with Crippen LogP contribution in [0.15, 0.2) is 0 Å². The number of nitrogens with one attached hydrogen (secondary N) is 1. The molecule has 1 amide bonds. The summed E-state index contributed by atoms with van der Waals surface area (Å²) in [7, 11) is 0. The summed E-state index contributed by atoms with van der Waals surface area (Å²) in [6.45, 7) is 3.44. The first kappa shape index (κ1) is 15.2. The van der Waals surface area contributed by atoms with E-state index in [1.807, 2.05) is 9.80 Å². The van der Waals surface area contributed by atoms with E-state index in [2.05, 4.69) is 12.2 Å². The lowest BCUT2D eigenvalue weighted by atomic mass is 10.4. The van der Waals surface area contributed by atoms with Gasteiger partial charge in [0.15, 0.2) is 0 Å². The van der Waals surface area contributed by atoms with E-state index in [0.29, 0.717) is 12.5 Å². The number of thiocarbonyl (C=S) groups is 1. The van der Waals surface area contributed by atoms with E-state index in [-0.39, 0.29) is 19.0 Å². The number of carboxylic acids is 1. The van der Waals surface area contributed by atoms with Crippen molar-refractivity contribution >= 4 is 40.2 Å². The van der Waals surface area contributed by atoms with E-state index in [0.717, 1.165) is 17.3 Å². The lowest BCUT2D eigenvalue weighted by molar-refractivity contribution is -0.138. The summed E-state index contributed by atoms with van der Waals surface area (Å²) in [6, 6.07) is 0. The van der Waals surface area contributed by atoms with E-state index in [1.165, 1.54) is 11.8 Å². The van der Waals surface area contributed by atoms with Gasteiger partial charge in [0.2, 0.25) is 5.91 Å². The van der Waals surface area contributed by atoms with Crippen LogP contribution < -0.4 is 5.32 Å². The Kier molecular flexibility index (Phi) is 6.37. The van der Waals surface area contributed by atoms with E-state index in [1.54, 1.807) is 0 Å². The molecular weight excluding hydrogens is 274 g/mol. The molecule has 1 aliphatic rings. The monoisotopic (exact) mass is 291 g/mol. The summed E-state index contributed by atoms with van der Waals surface area (Å²) in [6.07, 6.45) is 1.000. The van der Waals surface area contributed by atoms with Crippen LogP contribution in [-0.2, 0) is 9.59 Å². The minimum Gasteiger partial charge on any atom is -0.480 e. The number of carbonyl (C=O) groups is 2. The molecule has 0 aromatic carbocycles. The van der Waals surface area contributed by atoms with Crippen molar-refractivity contribution in [2.75, 3.05) is 32.2 Å². The third-order valence-corrected chi connectivity index (χ3v) is 3.91. The first-order valence-corrected chi connectivity index (χ1v) is 7.05. The molecule has 102 valence electrons. The molecule has 0 atom stereocenters. The Morgan fingerprint density at radius 1 is 1.56 bits per heavy atom. The highest BCUT2D eigenvalue weighted by Crippen LogP contribution is 2.18. The molecule has 0 aromatic rings. The molecule has 1 aliphatic heterocycles. The molecule has 1 heterocycles. The molecule has 1 saturated heterocycles.